The zero-order valence-electron chi connectivity index (χ0n) is 15.0. The van der Waals surface area contributed by atoms with Crippen molar-refractivity contribution in [3.05, 3.63) is 0 Å². The Morgan fingerprint density at radius 2 is 0.773 bits per heavy atom. The minimum absolute atomic E-state index is 0. The largest absolute Gasteiger partial charge is 1.00 e. The fourth-order valence-corrected chi connectivity index (χ4v) is 2.64. The Balaban J connectivity index is -0.000000640. The predicted molar refractivity (Wildman–Crippen MR) is 103 cm³/mol. The predicted octanol–water partition coefficient (Wildman–Crippen LogP) is 3.70. The first-order chi connectivity index (χ1) is 9.97. The Bertz CT molecular complexity index is 170. The van der Waals surface area contributed by atoms with E-state index in [-0.39, 0.29) is 17.0 Å². The molecule has 0 aromatic rings. The van der Waals surface area contributed by atoms with E-state index in [9.17, 15) is 0 Å². The van der Waals surface area contributed by atoms with Gasteiger partial charge in [-0.05, 0) is 25.7 Å². The molecule has 136 valence electrons. The van der Waals surface area contributed by atoms with E-state index in [0.717, 1.165) is 0 Å². The summed E-state index contributed by atoms with van der Waals surface area (Å²) in [7, 11) is 14.8. The van der Waals surface area contributed by atoms with Crippen molar-refractivity contribution in [3.63, 3.8) is 0 Å². The molecule has 0 aliphatic carbocycles. The molecule has 0 spiro atoms. The van der Waals surface area contributed by atoms with Gasteiger partial charge in [0.1, 0.15) is 0 Å². The van der Waals surface area contributed by atoms with Crippen LogP contribution in [0.2, 0.25) is 0 Å². The van der Waals surface area contributed by atoms with Gasteiger partial charge in [0.25, 0.3) is 0 Å². The minimum atomic E-state index is -1.72. The van der Waals surface area contributed by atoms with Crippen molar-refractivity contribution >= 4 is 41.5 Å². The monoisotopic (exact) mass is 453 g/mol. The van der Waals surface area contributed by atoms with Crippen LogP contribution in [0, 0.1) is 0 Å². The van der Waals surface area contributed by atoms with Crippen molar-refractivity contribution in [1.29, 1.82) is 0 Å². The van der Waals surface area contributed by atoms with Crippen LogP contribution in [0.25, 0.3) is 0 Å². The third-order valence-corrected chi connectivity index (χ3v) is 3.94. The van der Waals surface area contributed by atoms with Crippen molar-refractivity contribution in [2.75, 3.05) is 26.2 Å². The van der Waals surface area contributed by atoms with E-state index in [1.807, 2.05) is 0 Å². The maximum atomic E-state index is 4.94. The summed E-state index contributed by atoms with van der Waals surface area (Å²) < 4.78 is 1.42. The average molecular weight is 456 g/mol. The summed E-state index contributed by atoms with van der Waals surface area (Å²) >= 11 is -1.72. The van der Waals surface area contributed by atoms with Gasteiger partial charge < -0.3 is 21.5 Å². The lowest BCUT2D eigenvalue weighted by atomic mass is 10.1. The maximum absolute atomic E-state index is 4.94. The molecule has 0 fully saturated rings. The van der Waals surface area contributed by atoms with Crippen LogP contribution in [0.4, 0.5) is 0 Å². The highest BCUT2D eigenvalue weighted by molar-refractivity contribution is 7.54. The second kappa shape index (κ2) is 20.9. The molecule has 1 nitrogen and oxygen atoms in total. The molecular formula is C16H36AlBrCl3N. The van der Waals surface area contributed by atoms with E-state index in [2.05, 4.69) is 27.7 Å². The molecule has 6 heteroatoms. The number of nitrogens with zero attached hydrogens (tertiary/aromatic N) is 1. The summed E-state index contributed by atoms with van der Waals surface area (Å²) in [5.41, 5.74) is 0. The van der Waals surface area contributed by atoms with Crippen molar-refractivity contribution in [2.24, 2.45) is 0 Å². The van der Waals surface area contributed by atoms with Crippen LogP contribution in [0.3, 0.4) is 0 Å². The fourth-order valence-electron chi connectivity index (χ4n) is 2.64. The van der Waals surface area contributed by atoms with Crippen molar-refractivity contribution in [3.8, 4) is 0 Å². The normalized spacial score (nSPS) is 10.5. The molecule has 0 aromatic carbocycles. The van der Waals surface area contributed by atoms with E-state index in [1.165, 1.54) is 82.0 Å². The molecule has 0 radical (unpaired) electrons. The van der Waals surface area contributed by atoms with Crippen molar-refractivity contribution in [2.45, 2.75) is 79.1 Å². The smallest absolute Gasteiger partial charge is 0.643 e. The summed E-state index contributed by atoms with van der Waals surface area (Å²) in [4.78, 5) is 0. The van der Waals surface area contributed by atoms with Crippen LogP contribution in [-0.4, -0.2) is 42.0 Å². The summed E-state index contributed by atoms with van der Waals surface area (Å²) in [5, 5.41) is 0. The summed E-state index contributed by atoms with van der Waals surface area (Å²) in [6.45, 7) is 15.0. The zero-order valence-corrected chi connectivity index (χ0v) is 20.0. The molecule has 0 saturated carbocycles. The number of hydrogen-bond donors (Lipinski definition) is 0. The van der Waals surface area contributed by atoms with Gasteiger partial charge in [-0.3, -0.25) is 0 Å². The molecule has 0 N–H and O–H groups in total. The Hall–Kier alpha value is 1.84. The van der Waals surface area contributed by atoms with Gasteiger partial charge in [0.15, 0.2) is 0 Å². The molecule has 0 unspecified atom stereocenters. The molecule has 0 bridgehead atoms. The lowest BCUT2D eigenvalue weighted by Gasteiger charge is -2.39. The van der Waals surface area contributed by atoms with Gasteiger partial charge in [-0.2, -0.15) is 0 Å². The van der Waals surface area contributed by atoms with Crippen LogP contribution < -0.4 is 17.0 Å². The molecule has 0 atom stereocenters. The van der Waals surface area contributed by atoms with Gasteiger partial charge in [-0.1, -0.05) is 53.4 Å². The van der Waals surface area contributed by atoms with Crippen molar-refractivity contribution in [1.82, 2.24) is 0 Å². The van der Waals surface area contributed by atoms with Crippen LogP contribution in [-0.2, 0) is 0 Å². The highest BCUT2D eigenvalue weighted by atomic mass is 79.9. The molecule has 0 rings (SSSR count). The van der Waals surface area contributed by atoms with E-state index in [1.54, 1.807) is 0 Å². The second-order valence-corrected chi connectivity index (χ2v) is 12.3. The summed E-state index contributed by atoms with van der Waals surface area (Å²) in [6.07, 6.45) is 11.1. The number of rotatable bonds is 12. The highest BCUT2D eigenvalue weighted by Crippen LogP contribution is 2.16. The Morgan fingerprint density at radius 3 is 0.909 bits per heavy atom. The van der Waals surface area contributed by atoms with E-state index >= 15 is 0 Å². The third-order valence-electron chi connectivity index (χ3n) is 3.94. The molecule has 0 aliphatic heterocycles. The molecule has 0 amide bonds. The van der Waals surface area contributed by atoms with Crippen LogP contribution >= 0.6 is 30.1 Å². The Kier molecular flexibility index (Phi) is 27.2. The standard InChI is InChI=1S/C16H36N.Al.BrH.3ClH/c1-5-9-13-17(14-10-6-2,15-11-7-3)16-12-8-4;;;;;/h5-16H2,1-4H3;;4*1H/q+1;+3;;;;/p-4. The zero-order chi connectivity index (χ0) is 16.6. The average Bonchev–Trinajstić information content (AvgIpc) is 2.45. The van der Waals surface area contributed by atoms with Crippen LogP contribution in [0.15, 0.2) is 0 Å². The Labute approximate surface area is 167 Å². The van der Waals surface area contributed by atoms with Gasteiger partial charge in [0.2, 0.25) is 0 Å². The number of halogens is 4. The topological polar surface area (TPSA) is 0 Å². The minimum Gasteiger partial charge on any atom is -1.00 e. The van der Waals surface area contributed by atoms with E-state index in [0.29, 0.717) is 0 Å². The SMILES string of the molecule is CCCC[N+](CCCC)(CCCC)CCCC.[Br-].[Cl][Al]([Cl])[Cl]. The number of quaternary nitrogens is 1. The third kappa shape index (κ3) is 19.9. The molecular weight excluding hydrogens is 419 g/mol. The van der Waals surface area contributed by atoms with Gasteiger partial charge in [0.05, 0.1) is 26.2 Å². The summed E-state index contributed by atoms with van der Waals surface area (Å²) in [6, 6.07) is 0. The molecule has 0 saturated heterocycles. The van der Waals surface area contributed by atoms with Crippen LogP contribution in [0.5, 0.6) is 0 Å². The lowest BCUT2D eigenvalue weighted by molar-refractivity contribution is -0.929. The van der Waals surface area contributed by atoms with Gasteiger partial charge in [-0.15, -0.1) is 0 Å². The van der Waals surface area contributed by atoms with Crippen LogP contribution in [0.1, 0.15) is 79.1 Å². The molecule has 0 heterocycles. The molecule has 22 heavy (non-hydrogen) atoms. The number of hydrogen-bond acceptors (Lipinski definition) is 0. The van der Waals surface area contributed by atoms with Crippen molar-refractivity contribution < 1.29 is 21.5 Å². The highest BCUT2D eigenvalue weighted by Gasteiger charge is 2.24. The van der Waals surface area contributed by atoms with Gasteiger partial charge >= 0.3 is 11.4 Å². The first kappa shape index (κ1) is 28.6. The summed E-state index contributed by atoms with van der Waals surface area (Å²) in [5.74, 6) is 0. The van der Waals surface area contributed by atoms with Gasteiger partial charge in [-0.25, -0.2) is 30.1 Å². The molecule has 0 aliphatic rings. The molecule has 0 aromatic heterocycles. The second-order valence-electron chi connectivity index (χ2n) is 5.90. The van der Waals surface area contributed by atoms with E-state index in [4.69, 9.17) is 30.1 Å². The Morgan fingerprint density at radius 1 is 0.591 bits per heavy atom. The maximum Gasteiger partial charge on any atom is 0.643 e. The first-order valence-corrected chi connectivity index (χ1v) is 14.0. The quantitative estimate of drug-likeness (QED) is 0.311. The lowest BCUT2D eigenvalue weighted by Crippen LogP contribution is -3.00. The first-order valence-electron chi connectivity index (χ1n) is 8.75. The number of unbranched alkanes of at least 4 members (excludes halogenated alkanes) is 4. The van der Waals surface area contributed by atoms with E-state index < -0.39 is 11.4 Å². The fraction of sp³-hybridized carbons (Fsp3) is 1.00. The van der Waals surface area contributed by atoms with Gasteiger partial charge in [0, 0.05) is 0 Å².